The smallest absolute Gasteiger partial charge is 0.322 e. The van der Waals surface area contributed by atoms with E-state index in [1.54, 1.807) is 24.3 Å². The van der Waals surface area contributed by atoms with Crippen molar-refractivity contribution in [2.75, 3.05) is 22.8 Å². The summed E-state index contributed by atoms with van der Waals surface area (Å²) in [7, 11) is -4.67. The minimum atomic E-state index is -4.67. The van der Waals surface area contributed by atoms with E-state index < -0.39 is 22.9 Å². The summed E-state index contributed by atoms with van der Waals surface area (Å²) < 4.78 is 47.4. The largest absolute Gasteiger partial charge is 0.359 e. The lowest BCUT2D eigenvalue weighted by Crippen LogP contribution is -2.33. The number of nitrogens with one attached hydrogen (secondary N) is 1. The van der Waals surface area contributed by atoms with E-state index in [1.165, 1.54) is 18.2 Å². The summed E-state index contributed by atoms with van der Waals surface area (Å²) in [6, 6.07) is 11.1. The Kier molecular flexibility index (Phi) is 7.16. The van der Waals surface area contributed by atoms with Crippen LogP contribution in [-0.4, -0.2) is 32.1 Å². The Bertz CT molecular complexity index is 892. The van der Waals surface area contributed by atoms with E-state index >= 15 is 0 Å². The summed E-state index contributed by atoms with van der Waals surface area (Å²) in [4.78, 5) is 12.7. The van der Waals surface area contributed by atoms with Gasteiger partial charge in [0.25, 0.3) is 5.91 Å². The third kappa shape index (κ3) is 5.50. The first kappa shape index (κ1) is 20.8. The average Bonchev–Trinajstić information content (AvgIpc) is 2.57. The van der Waals surface area contributed by atoms with Gasteiger partial charge in [0.2, 0.25) is 0 Å². The Hall–Kier alpha value is -1.49. The summed E-state index contributed by atoms with van der Waals surface area (Å²) in [6.45, 7) is -1.06. The minimum Gasteiger partial charge on any atom is -0.322 e. The van der Waals surface area contributed by atoms with Crippen molar-refractivity contribution >= 4 is 59.4 Å². The first-order valence-electron chi connectivity index (χ1n) is 7.40. The Balaban J connectivity index is 2.42. The van der Waals surface area contributed by atoms with E-state index in [0.717, 1.165) is 4.47 Å². The number of nitrogens with zero attached hydrogens (tertiary/aromatic N) is 1. The molecule has 0 spiro atoms. The first-order chi connectivity index (χ1) is 12.2. The van der Waals surface area contributed by atoms with Crippen molar-refractivity contribution in [2.45, 2.75) is 6.42 Å². The van der Waals surface area contributed by atoms with E-state index in [1.807, 2.05) is 0 Å². The van der Waals surface area contributed by atoms with Gasteiger partial charge in [-0.05, 0) is 48.9 Å². The summed E-state index contributed by atoms with van der Waals surface area (Å²) in [6.07, 6.45) is -0.121. The van der Waals surface area contributed by atoms with Crippen LogP contribution in [0, 0.1) is 0 Å². The molecule has 1 amide bonds. The fraction of sp³-hybridized carbons (Fsp3) is 0.188. The second-order valence-electron chi connectivity index (χ2n) is 5.21. The van der Waals surface area contributed by atoms with Gasteiger partial charge in [0.15, 0.2) is 0 Å². The van der Waals surface area contributed by atoms with E-state index in [4.69, 9.17) is 0 Å². The Morgan fingerprint density at radius 2 is 1.73 bits per heavy atom. The molecule has 0 atom stereocenters. The van der Waals surface area contributed by atoms with Gasteiger partial charge in [-0.1, -0.05) is 31.9 Å². The number of carbonyl (C=O) groups is 1. The normalized spacial score (nSPS) is 11.2. The van der Waals surface area contributed by atoms with Crippen LogP contribution in [0.2, 0.25) is 0 Å². The molecule has 0 fully saturated rings. The van der Waals surface area contributed by atoms with Crippen molar-refractivity contribution in [3.63, 3.8) is 0 Å². The molecule has 0 aliphatic heterocycles. The highest BCUT2D eigenvalue weighted by atomic mass is 79.9. The van der Waals surface area contributed by atoms with E-state index in [9.17, 15) is 22.2 Å². The predicted molar refractivity (Wildman–Crippen MR) is 106 cm³/mol. The van der Waals surface area contributed by atoms with Crippen molar-refractivity contribution < 1.29 is 22.2 Å². The summed E-state index contributed by atoms with van der Waals surface area (Å²) >= 11 is 6.53. The lowest BCUT2D eigenvalue weighted by atomic mass is 10.1. The molecule has 140 valence electrons. The van der Waals surface area contributed by atoms with Gasteiger partial charge >= 0.3 is 10.3 Å². The molecule has 0 heterocycles. The first-order valence-corrected chi connectivity index (χ1v) is 10.4. The van der Waals surface area contributed by atoms with Gasteiger partial charge in [-0.25, -0.2) is 4.31 Å². The molecule has 2 rings (SSSR count). The standard InChI is InChI=1S/C16H15Br2FN2O4S/c17-11-2-5-13(6-3-11)20-16(22)14-10-12(18)4-7-15(14)21(9-1-8-19)26(23,24)25/h2-7,10H,1,8-9H2,(H,20,22)(H,23,24,25). The number of halogens is 3. The molecule has 0 unspecified atom stereocenters. The third-order valence-electron chi connectivity index (χ3n) is 3.35. The van der Waals surface area contributed by atoms with E-state index in [0.29, 0.717) is 14.5 Å². The average molecular weight is 510 g/mol. The molecule has 2 aromatic carbocycles. The van der Waals surface area contributed by atoms with Gasteiger partial charge in [0, 0.05) is 21.2 Å². The van der Waals surface area contributed by atoms with Gasteiger partial charge in [0.1, 0.15) is 0 Å². The highest BCUT2D eigenvalue weighted by Gasteiger charge is 2.25. The van der Waals surface area contributed by atoms with Crippen LogP contribution >= 0.6 is 31.9 Å². The molecule has 10 heteroatoms. The van der Waals surface area contributed by atoms with Crippen molar-refractivity contribution in [3.8, 4) is 0 Å². The number of alkyl halides is 1. The van der Waals surface area contributed by atoms with Gasteiger partial charge in [-0.15, -0.1) is 0 Å². The van der Waals surface area contributed by atoms with E-state index in [2.05, 4.69) is 37.2 Å². The van der Waals surface area contributed by atoms with Crippen molar-refractivity contribution in [1.29, 1.82) is 0 Å². The number of rotatable bonds is 7. The number of amides is 1. The molecule has 0 saturated heterocycles. The highest BCUT2D eigenvalue weighted by Crippen LogP contribution is 2.28. The highest BCUT2D eigenvalue weighted by molar-refractivity contribution is 9.10. The summed E-state index contributed by atoms with van der Waals surface area (Å²) in [5, 5.41) is 2.66. The number of benzene rings is 2. The zero-order chi connectivity index (χ0) is 19.3. The maximum absolute atomic E-state index is 12.7. The quantitative estimate of drug-likeness (QED) is 0.540. The molecule has 0 aromatic heterocycles. The monoisotopic (exact) mass is 508 g/mol. The maximum Gasteiger partial charge on any atom is 0.359 e. The summed E-state index contributed by atoms with van der Waals surface area (Å²) in [5.74, 6) is -0.572. The number of anilines is 2. The van der Waals surface area contributed by atoms with Gasteiger partial charge < -0.3 is 5.32 Å². The molecule has 0 aliphatic rings. The number of carbonyl (C=O) groups excluding carboxylic acids is 1. The molecular weight excluding hydrogens is 495 g/mol. The minimum absolute atomic E-state index is 0.0128. The molecular formula is C16H15Br2FN2O4S. The molecule has 26 heavy (non-hydrogen) atoms. The van der Waals surface area contributed by atoms with Crippen molar-refractivity contribution in [1.82, 2.24) is 0 Å². The van der Waals surface area contributed by atoms with Gasteiger partial charge in [0.05, 0.1) is 17.9 Å². The second-order valence-corrected chi connectivity index (χ2v) is 8.38. The zero-order valence-corrected chi connectivity index (χ0v) is 17.3. The SMILES string of the molecule is O=C(Nc1ccc(Br)cc1)c1cc(Br)ccc1N(CCCF)S(=O)(=O)O. The van der Waals surface area contributed by atoms with Crippen LogP contribution in [0.25, 0.3) is 0 Å². The van der Waals surface area contributed by atoms with Gasteiger partial charge in [-0.2, -0.15) is 8.42 Å². The molecule has 0 bridgehead atoms. The van der Waals surface area contributed by atoms with Crippen molar-refractivity contribution in [2.24, 2.45) is 0 Å². The van der Waals surface area contributed by atoms with Crippen LogP contribution in [0.1, 0.15) is 16.8 Å². The van der Waals surface area contributed by atoms with Gasteiger partial charge in [-0.3, -0.25) is 13.7 Å². The number of hydrogen-bond donors (Lipinski definition) is 2. The molecule has 2 aromatic rings. The second kappa shape index (κ2) is 8.94. The zero-order valence-electron chi connectivity index (χ0n) is 13.3. The molecule has 2 N–H and O–H groups in total. The van der Waals surface area contributed by atoms with Crippen LogP contribution in [-0.2, 0) is 10.3 Å². The lowest BCUT2D eigenvalue weighted by molar-refractivity contribution is 0.102. The maximum atomic E-state index is 12.7. The fourth-order valence-electron chi connectivity index (χ4n) is 2.20. The Morgan fingerprint density at radius 1 is 1.12 bits per heavy atom. The topological polar surface area (TPSA) is 86.7 Å². The predicted octanol–water partition coefficient (Wildman–Crippen LogP) is 4.43. The van der Waals surface area contributed by atoms with E-state index in [-0.39, 0.29) is 24.2 Å². The molecule has 6 nitrogen and oxygen atoms in total. The van der Waals surface area contributed by atoms with Crippen LogP contribution in [0.15, 0.2) is 51.4 Å². The van der Waals surface area contributed by atoms with Crippen LogP contribution in [0.4, 0.5) is 15.8 Å². The van der Waals surface area contributed by atoms with Crippen LogP contribution in [0.5, 0.6) is 0 Å². The molecule has 0 saturated carbocycles. The number of hydrogen-bond acceptors (Lipinski definition) is 3. The molecule has 0 radical (unpaired) electrons. The fourth-order valence-corrected chi connectivity index (χ4v) is 3.60. The van der Waals surface area contributed by atoms with Crippen LogP contribution in [0.3, 0.4) is 0 Å². The Morgan fingerprint density at radius 3 is 2.31 bits per heavy atom. The van der Waals surface area contributed by atoms with Crippen molar-refractivity contribution in [3.05, 3.63) is 57.0 Å². The van der Waals surface area contributed by atoms with Crippen LogP contribution < -0.4 is 9.62 Å². The summed E-state index contributed by atoms with van der Waals surface area (Å²) in [5.41, 5.74) is 0.476. The third-order valence-corrected chi connectivity index (χ3v) is 5.31. The molecule has 0 aliphatic carbocycles. The Labute approximate surface area is 167 Å². The lowest BCUT2D eigenvalue weighted by Gasteiger charge is -2.23.